The van der Waals surface area contributed by atoms with E-state index in [0.717, 1.165) is 38.5 Å². The van der Waals surface area contributed by atoms with Crippen LogP contribution in [-0.2, 0) is 28.9 Å². The minimum absolute atomic E-state index is 0.200. The molecular weight excluding hydrogens is 548 g/mol. The molecule has 0 amide bonds. The number of hydroxylamine groups is 6. The first-order valence-electron chi connectivity index (χ1n) is 16.0. The summed E-state index contributed by atoms with van der Waals surface area (Å²) < 4.78 is 0. The van der Waals surface area contributed by atoms with E-state index in [1.807, 2.05) is 15.2 Å². The maximum Gasteiger partial charge on any atom is 0.322 e. The number of carbonyl (C=O) groups excluding carboxylic acids is 3. The lowest BCUT2D eigenvalue weighted by molar-refractivity contribution is -0.293. The zero-order chi connectivity index (χ0) is 33.1. The number of rotatable bonds is 6. The van der Waals surface area contributed by atoms with Gasteiger partial charge in [-0.05, 0) is 122 Å². The average Bonchev–Trinajstić information content (AvgIpc) is 2.74. The lowest BCUT2D eigenvalue weighted by Crippen LogP contribution is -2.72. The third kappa shape index (κ3) is 7.56. The maximum atomic E-state index is 12.1. The van der Waals surface area contributed by atoms with E-state index in [9.17, 15) is 14.4 Å². The van der Waals surface area contributed by atoms with Crippen molar-refractivity contribution >= 4 is 17.9 Å². The standard InChI is InChI=1S/C33H60N4O6/c1-22(38)41-35-28(4,5)16-25(17-29(35,6)7)34(26-18-30(8,9)36(42-23(2)39)31(10,11)19-26)27-20-32(12,13)37(43-24(3)40)33(14,15)21-27/h25-27H,16-21H2,1-15H3. The van der Waals surface area contributed by atoms with E-state index in [2.05, 4.69) is 88.0 Å². The fourth-order valence-electron chi connectivity index (χ4n) is 9.29. The van der Waals surface area contributed by atoms with Crippen LogP contribution in [0.4, 0.5) is 0 Å². The Morgan fingerprint density at radius 1 is 0.442 bits per heavy atom. The Bertz CT molecular complexity index is 894. The summed E-state index contributed by atoms with van der Waals surface area (Å²) in [5, 5.41) is 5.72. The van der Waals surface area contributed by atoms with Crippen LogP contribution < -0.4 is 0 Å². The highest BCUT2D eigenvalue weighted by molar-refractivity contribution is 5.66. The van der Waals surface area contributed by atoms with Crippen molar-refractivity contribution in [3.63, 3.8) is 0 Å². The maximum absolute atomic E-state index is 12.1. The summed E-state index contributed by atoms with van der Waals surface area (Å²) in [4.78, 5) is 56.7. The molecule has 0 radical (unpaired) electrons. The van der Waals surface area contributed by atoms with Crippen LogP contribution in [0.2, 0.25) is 0 Å². The number of nitrogens with zero attached hydrogens (tertiary/aromatic N) is 4. The highest BCUT2D eigenvalue weighted by atomic mass is 16.7. The van der Waals surface area contributed by atoms with Crippen LogP contribution in [0.3, 0.4) is 0 Å². The van der Waals surface area contributed by atoms with Crippen molar-refractivity contribution in [1.82, 2.24) is 20.1 Å². The molecule has 3 rings (SSSR count). The summed E-state index contributed by atoms with van der Waals surface area (Å²) in [5.41, 5.74) is -2.40. The molecule has 0 spiro atoms. The van der Waals surface area contributed by atoms with E-state index in [-0.39, 0.29) is 36.0 Å². The summed E-state index contributed by atoms with van der Waals surface area (Å²) in [6.45, 7) is 30.4. The Morgan fingerprint density at radius 3 is 0.744 bits per heavy atom. The third-order valence-corrected chi connectivity index (χ3v) is 9.63. The highest BCUT2D eigenvalue weighted by Gasteiger charge is 2.57. The summed E-state index contributed by atoms with van der Waals surface area (Å²) >= 11 is 0. The van der Waals surface area contributed by atoms with Gasteiger partial charge in [0.25, 0.3) is 0 Å². The predicted molar refractivity (Wildman–Crippen MR) is 166 cm³/mol. The van der Waals surface area contributed by atoms with Crippen molar-refractivity contribution in [3.8, 4) is 0 Å². The van der Waals surface area contributed by atoms with Gasteiger partial charge in [0, 0.05) is 38.9 Å². The van der Waals surface area contributed by atoms with Crippen molar-refractivity contribution in [2.75, 3.05) is 0 Å². The molecule has 0 aliphatic carbocycles. The molecule has 0 aromatic rings. The first-order chi connectivity index (χ1) is 19.2. The molecule has 0 bridgehead atoms. The van der Waals surface area contributed by atoms with Crippen molar-refractivity contribution in [2.24, 2.45) is 0 Å². The summed E-state index contributed by atoms with van der Waals surface area (Å²) in [5.74, 6) is -0.919. The van der Waals surface area contributed by atoms with Crippen LogP contribution in [0.15, 0.2) is 0 Å². The van der Waals surface area contributed by atoms with Gasteiger partial charge < -0.3 is 14.5 Å². The molecule has 0 saturated carbocycles. The van der Waals surface area contributed by atoms with Gasteiger partial charge in [-0.25, -0.2) is 0 Å². The first kappa shape index (κ1) is 35.7. The summed E-state index contributed by atoms with van der Waals surface area (Å²) in [6.07, 6.45) is 4.92. The predicted octanol–water partition coefficient (Wildman–Crippen LogP) is 5.79. The van der Waals surface area contributed by atoms with E-state index in [1.54, 1.807) is 0 Å². The Hall–Kier alpha value is -1.75. The zero-order valence-corrected chi connectivity index (χ0v) is 29.7. The lowest BCUT2D eigenvalue weighted by Gasteiger charge is -2.62. The molecule has 0 aromatic carbocycles. The molecule has 3 aliphatic rings. The number of piperidine rings is 3. The lowest BCUT2D eigenvalue weighted by atomic mass is 9.71. The molecule has 0 N–H and O–H groups in total. The second-order valence-corrected chi connectivity index (χ2v) is 17.1. The van der Waals surface area contributed by atoms with E-state index >= 15 is 0 Å². The molecular formula is C33H60N4O6. The van der Waals surface area contributed by atoms with Crippen molar-refractivity contribution in [2.45, 2.75) is 194 Å². The van der Waals surface area contributed by atoms with Crippen LogP contribution in [0, 0.1) is 0 Å². The molecule has 0 unspecified atom stereocenters. The van der Waals surface area contributed by atoms with Crippen LogP contribution in [0.25, 0.3) is 0 Å². The normalized spacial score (nSPS) is 27.9. The van der Waals surface area contributed by atoms with Gasteiger partial charge in [0.15, 0.2) is 0 Å². The third-order valence-electron chi connectivity index (χ3n) is 9.63. The van der Waals surface area contributed by atoms with Gasteiger partial charge in [0.1, 0.15) is 0 Å². The molecule has 248 valence electrons. The van der Waals surface area contributed by atoms with Crippen molar-refractivity contribution in [3.05, 3.63) is 0 Å². The van der Waals surface area contributed by atoms with Crippen LogP contribution in [0.1, 0.15) is 142 Å². The van der Waals surface area contributed by atoms with E-state index < -0.39 is 33.2 Å². The largest absolute Gasteiger partial charge is 0.367 e. The molecule has 3 heterocycles. The van der Waals surface area contributed by atoms with Crippen LogP contribution in [-0.4, -0.2) is 89.4 Å². The minimum atomic E-state index is -0.400. The molecule has 10 heteroatoms. The SMILES string of the molecule is CC(=O)ON1C(C)(C)CC(N(C2CC(C)(C)N(OC(C)=O)C(C)(C)C2)C2CC(C)(C)N(OC(C)=O)C(C)(C)C2)CC1(C)C. The van der Waals surface area contributed by atoms with Gasteiger partial charge in [-0.15, -0.1) is 15.2 Å². The van der Waals surface area contributed by atoms with Gasteiger partial charge in [-0.3, -0.25) is 19.3 Å². The molecule has 0 atom stereocenters. The van der Waals surface area contributed by atoms with Gasteiger partial charge in [0.05, 0.1) is 33.2 Å². The van der Waals surface area contributed by atoms with Crippen LogP contribution in [0.5, 0.6) is 0 Å². The molecule has 3 fully saturated rings. The molecule has 10 nitrogen and oxygen atoms in total. The van der Waals surface area contributed by atoms with Gasteiger partial charge in [-0.2, -0.15) is 0 Å². The number of hydrogen-bond donors (Lipinski definition) is 0. The fraction of sp³-hybridized carbons (Fsp3) is 0.909. The smallest absolute Gasteiger partial charge is 0.322 e. The fourth-order valence-corrected chi connectivity index (χ4v) is 9.29. The zero-order valence-electron chi connectivity index (χ0n) is 29.7. The molecule has 0 aromatic heterocycles. The van der Waals surface area contributed by atoms with Crippen LogP contribution >= 0.6 is 0 Å². The molecule has 3 saturated heterocycles. The Kier molecular flexibility index (Phi) is 9.60. The number of carbonyl (C=O) groups is 3. The van der Waals surface area contributed by atoms with Crippen molar-refractivity contribution < 1.29 is 28.9 Å². The van der Waals surface area contributed by atoms with Crippen molar-refractivity contribution in [1.29, 1.82) is 0 Å². The van der Waals surface area contributed by atoms with E-state index in [1.165, 1.54) is 20.8 Å². The van der Waals surface area contributed by atoms with Gasteiger partial charge in [-0.1, -0.05) is 0 Å². The van der Waals surface area contributed by atoms with E-state index in [4.69, 9.17) is 14.5 Å². The Morgan fingerprint density at radius 2 is 0.605 bits per heavy atom. The first-order valence-corrected chi connectivity index (χ1v) is 16.0. The average molecular weight is 609 g/mol. The summed E-state index contributed by atoms with van der Waals surface area (Å²) in [6, 6.07) is 0.599. The highest BCUT2D eigenvalue weighted by Crippen LogP contribution is 2.49. The van der Waals surface area contributed by atoms with Gasteiger partial charge >= 0.3 is 17.9 Å². The summed E-state index contributed by atoms with van der Waals surface area (Å²) in [7, 11) is 0. The van der Waals surface area contributed by atoms with E-state index in [0.29, 0.717) is 0 Å². The second-order valence-electron chi connectivity index (χ2n) is 17.1. The van der Waals surface area contributed by atoms with Gasteiger partial charge in [0.2, 0.25) is 0 Å². The quantitative estimate of drug-likeness (QED) is 0.369. The molecule has 43 heavy (non-hydrogen) atoms. The Labute approximate surface area is 260 Å². The molecule has 3 aliphatic heterocycles. The number of hydrogen-bond acceptors (Lipinski definition) is 10. The monoisotopic (exact) mass is 608 g/mol. The Balaban J connectivity index is 2.12. The topological polar surface area (TPSA) is 91.9 Å². The minimum Gasteiger partial charge on any atom is -0.367 e. The second kappa shape index (κ2) is 11.6.